The highest BCUT2D eigenvalue weighted by Gasteiger charge is 2.22. The predicted molar refractivity (Wildman–Crippen MR) is 86.6 cm³/mol. The number of anilines is 2. The molecule has 0 saturated heterocycles. The lowest BCUT2D eigenvalue weighted by molar-refractivity contribution is -0.115. The zero-order valence-electron chi connectivity index (χ0n) is 12.6. The summed E-state index contributed by atoms with van der Waals surface area (Å²) in [5.41, 5.74) is 2.13. The van der Waals surface area contributed by atoms with E-state index in [0.29, 0.717) is 11.6 Å². The van der Waals surface area contributed by atoms with Gasteiger partial charge in [-0.3, -0.25) is 9.78 Å². The minimum absolute atomic E-state index is 0.0000474. The van der Waals surface area contributed by atoms with Gasteiger partial charge in [-0.15, -0.1) is 0 Å². The molecule has 22 heavy (non-hydrogen) atoms. The number of nitrogens with one attached hydrogen (secondary N) is 1. The fourth-order valence-corrected chi connectivity index (χ4v) is 3.41. The third-order valence-corrected chi connectivity index (χ3v) is 4.60. The van der Waals surface area contributed by atoms with Crippen LogP contribution in [-0.2, 0) is 17.8 Å². The molecule has 0 fully saturated rings. The summed E-state index contributed by atoms with van der Waals surface area (Å²) in [5, 5.41) is 3.54. The number of nitrogens with zero attached hydrogens (tertiary/aromatic N) is 3. The standard InChI is InChI=1S/C15H18N4O2S/c1-3-14(20)18-15-17-12-4-5-19(9-13(12)22-15)10-6-11(21-2)8-16-7-10/h6-8H,3-5,9H2,1-2H3,(H,17,18,20). The molecule has 0 unspecified atom stereocenters. The molecule has 1 aliphatic rings. The van der Waals surface area contributed by atoms with Gasteiger partial charge in [-0.2, -0.15) is 0 Å². The summed E-state index contributed by atoms with van der Waals surface area (Å²) in [5.74, 6) is 0.753. The summed E-state index contributed by atoms with van der Waals surface area (Å²) < 4.78 is 5.23. The van der Waals surface area contributed by atoms with Crippen LogP contribution in [-0.4, -0.2) is 29.5 Å². The van der Waals surface area contributed by atoms with E-state index in [1.54, 1.807) is 24.6 Å². The van der Waals surface area contributed by atoms with Crippen LogP contribution in [0.3, 0.4) is 0 Å². The molecule has 0 aliphatic carbocycles. The first kappa shape index (κ1) is 14.8. The molecule has 6 nitrogen and oxygen atoms in total. The van der Waals surface area contributed by atoms with Crippen LogP contribution >= 0.6 is 11.3 Å². The molecule has 0 saturated carbocycles. The molecule has 0 spiro atoms. The quantitative estimate of drug-likeness (QED) is 0.938. The third kappa shape index (κ3) is 3.04. The summed E-state index contributed by atoms with van der Waals surface area (Å²) >= 11 is 1.55. The molecule has 0 bridgehead atoms. The molecule has 2 aromatic rings. The van der Waals surface area contributed by atoms with Gasteiger partial charge in [-0.25, -0.2) is 4.98 Å². The second-order valence-corrected chi connectivity index (χ2v) is 6.13. The number of thiazole rings is 1. The fourth-order valence-electron chi connectivity index (χ4n) is 2.37. The molecule has 2 aromatic heterocycles. The smallest absolute Gasteiger partial charge is 0.225 e. The molecule has 0 atom stereocenters. The van der Waals surface area contributed by atoms with Crippen molar-refractivity contribution in [3.63, 3.8) is 0 Å². The number of pyridine rings is 1. The number of aromatic nitrogens is 2. The zero-order valence-corrected chi connectivity index (χ0v) is 13.4. The zero-order chi connectivity index (χ0) is 15.5. The number of carbonyl (C=O) groups excluding carboxylic acids is 1. The van der Waals surface area contributed by atoms with Crippen LogP contribution in [0, 0.1) is 0 Å². The Labute approximate surface area is 133 Å². The molecule has 116 valence electrons. The van der Waals surface area contributed by atoms with E-state index in [4.69, 9.17) is 4.74 Å². The van der Waals surface area contributed by atoms with Crippen molar-refractivity contribution in [3.8, 4) is 5.75 Å². The van der Waals surface area contributed by atoms with E-state index < -0.39 is 0 Å². The lowest BCUT2D eigenvalue weighted by atomic mass is 10.1. The van der Waals surface area contributed by atoms with Crippen LogP contribution in [0.25, 0.3) is 0 Å². The Morgan fingerprint density at radius 1 is 1.50 bits per heavy atom. The maximum atomic E-state index is 11.5. The summed E-state index contributed by atoms with van der Waals surface area (Å²) in [7, 11) is 1.64. The monoisotopic (exact) mass is 318 g/mol. The first-order valence-corrected chi connectivity index (χ1v) is 8.03. The molecule has 3 rings (SSSR count). The summed E-state index contributed by atoms with van der Waals surface area (Å²) in [6, 6.07) is 1.98. The van der Waals surface area contributed by atoms with Gasteiger partial charge in [-0.05, 0) is 0 Å². The highest BCUT2D eigenvalue weighted by atomic mass is 32.1. The van der Waals surface area contributed by atoms with E-state index in [-0.39, 0.29) is 5.91 Å². The van der Waals surface area contributed by atoms with Crippen LogP contribution in [0.5, 0.6) is 5.75 Å². The van der Waals surface area contributed by atoms with E-state index in [2.05, 4.69) is 20.2 Å². The number of ether oxygens (including phenoxy) is 1. The van der Waals surface area contributed by atoms with Gasteiger partial charge in [0.2, 0.25) is 5.91 Å². The average molecular weight is 318 g/mol. The number of fused-ring (bicyclic) bond motifs is 1. The topological polar surface area (TPSA) is 67.4 Å². The number of hydrogen-bond acceptors (Lipinski definition) is 6. The molecule has 0 aromatic carbocycles. The van der Waals surface area contributed by atoms with Crippen molar-refractivity contribution >= 4 is 28.1 Å². The van der Waals surface area contributed by atoms with Crippen molar-refractivity contribution in [3.05, 3.63) is 29.0 Å². The molecule has 0 radical (unpaired) electrons. The number of methoxy groups -OCH3 is 1. The van der Waals surface area contributed by atoms with Gasteiger partial charge < -0.3 is 15.0 Å². The second-order valence-electron chi connectivity index (χ2n) is 5.05. The van der Waals surface area contributed by atoms with E-state index in [1.807, 2.05) is 19.2 Å². The predicted octanol–water partition coefficient (Wildman–Crippen LogP) is 2.46. The molecular formula is C15H18N4O2S. The Kier molecular flexibility index (Phi) is 4.24. The van der Waals surface area contributed by atoms with Crippen molar-refractivity contribution in [1.82, 2.24) is 9.97 Å². The van der Waals surface area contributed by atoms with E-state index in [1.165, 1.54) is 4.88 Å². The first-order chi connectivity index (χ1) is 10.7. The van der Waals surface area contributed by atoms with Gasteiger partial charge in [0.25, 0.3) is 0 Å². The van der Waals surface area contributed by atoms with Gasteiger partial charge in [0.15, 0.2) is 5.13 Å². The molecule has 1 amide bonds. The summed E-state index contributed by atoms with van der Waals surface area (Å²) in [4.78, 5) is 23.6. The Hall–Kier alpha value is -2.15. The number of rotatable bonds is 4. The normalized spacial score (nSPS) is 13.6. The lowest BCUT2D eigenvalue weighted by Gasteiger charge is -2.27. The Morgan fingerprint density at radius 3 is 3.14 bits per heavy atom. The van der Waals surface area contributed by atoms with Gasteiger partial charge in [0.05, 0.1) is 37.4 Å². The minimum atomic E-state index is -0.0000474. The fraction of sp³-hybridized carbons (Fsp3) is 0.400. The minimum Gasteiger partial charge on any atom is -0.495 e. The lowest BCUT2D eigenvalue weighted by Crippen LogP contribution is -2.29. The van der Waals surface area contributed by atoms with Crippen LogP contribution in [0.4, 0.5) is 10.8 Å². The highest BCUT2D eigenvalue weighted by molar-refractivity contribution is 7.15. The maximum absolute atomic E-state index is 11.5. The Morgan fingerprint density at radius 2 is 2.36 bits per heavy atom. The summed E-state index contributed by atoms with van der Waals surface area (Å²) in [6.07, 6.45) is 4.87. The van der Waals surface area contributed by atoms with Crippen LogP contribution in [0.1, 0.15) is 23.9 Å². The Bertz CT molecular complexity index is 686. The van der Waals surface area contributed by atoms with Crippen LogP contribution in [0.2, 0.25) is 0 Å². The van der Waals surface area contributed by atoms with Crippen LogP contribution < -0.4 is 15.0 Å². The Balaban J connectivity index is 1.77. The van der Waals surface area contributed by atoms with E-state index >= 15 is 0 Å². The van der Waals surface area contributed by atoms with Crippen molar-refractivity contribution in [1.29, 1.82) is 0 Å². The van der Waals surface area contributed by atoms with Gasteiger partial charge in [0.1, 0.15) is 5.75 Å². The number of amides is 1. The summed E-state index contributed by atoms with van der Waals surface area (Å²) in [6.45, 7) is 3.50. The molecular weight excluding hydrogens is 300 g/mol. The van der Waals surface area contributed by atoms with Crippen molar-refractivity contribution in [2.75, 3.05) is 23.9 Å². The van der Waals surface area contributed by atoms with Crippen molar-refractivity contribution in [2.24, 2.45) is 0 Å². The maximum Gasteiger partial charge on any atom is 0.225 e. The van der Waals surface area contributed by atoms with Gasteiger partial charge >= 0.3 is 0 Å². The van der Waals surface area contributed by atoms with E-state index in [0.717, 1.165) is 36.6 Å². The SMILES string of the molecule is CCC(=O)Nc1nc2c(s1)CN(c1cncc(OC)c1)CC2. The average Bonchev–Trinajstić information content (AvgIpc) is 2.95. The van der Waals surface area contributed by atoms with Gasteiger partial charge in [-0.1, -0.05) is 18.3 Å². The first-order valence-electron chi connectivity index (χ1n) is 7.22. The van der Waals surface area contributed by atoms with Crippen LogP contribution in [0.15, 0.2) is 18.5 Å². The highest BCUT2D eigenvalue weighted by Crippen LogP contribution is 2.31. The number of hydrogen-bond donors (Lipinski definition) is 1. The van der Waals surface area contributed by atoms with E-state index in [9.17, 15) is 4.79 Å². The molecule has 1 aliphatic heterocycles. The number of carbonyl (C=O) groups is 1. The van der Waals surface area contributed by atoms with Crippen molar-refractivity contribution in [2.45, 2.75) is 26.3 Å². The molecule has 3 heterocycles. The molecule has 1 N–H and O–H groups in total. The van der Waals surface area contributed by atoms with Gasteiger partial charge in [0, 0.05) is 30.3 Å². The third-order valence-electron chi connectivity index (χ3n) is 3.60. The molecule has 7 heteroatoms. The second kappa shape index (κ2) is 6.31. The largest absolute Gasteiger partial charge is 0.495 e. The van der Waals surface area contributed by atoms with Crippen molar-refractivity contribution < 1.29 is 9.53 Å².